The molecule has 0 unspecified atom stereocenters. The Labute approximate surface area is 170 Å². The van der Waals surface area contributed by atoms with Crippen molar-refractivity contribution < 1.29 is 17.9 Å². The second-order valence-electron chi connectivity index (χ2n) is 6.51. The van der Waals surface area contributed by atoms with Crippen LogP contribution in [0.15, 0.2) is 78.9 Å². The molecule has 150 valence electrons. The second-order valence-corrected chi connectivity index (χ2v) is 8.52. The zero-order valence-corrected chi connectivity index (χ0v) is 17.0. The summed E-state index contributed by atoms with van der Waals surface area (Å²) < 4.78 is 30.5. The van der Waals surface area contributed by atoms with Gasteiger partial charge in [0.05, 0.1) is 17.5 Å². The number of hydrogen-bond donors (Lipinski definition) is 1. The molecule has 0 spiro atoms. The van der Waals surface area contributed by atoms with Crippen molar-refractivity contribution in [3.05, 3.63) is 90.0 Å². The fraction of sp³-hybridized carbons (Fsp3) is 0.136. The first-order chi connectivity index (χ1) is 13.8. The molecule has 3 rings (SSSR count). The Morgan fingerprint density at radius 1 is 0.966 bits per heavy atom. The van der Waals surface area contributed by atoms with Gasteiger partial charge in [0, 0.05) is 12.7 Å². The number of nitrogens with one attached hydrogen (secondary N) is 1. The zero-order valence-electron chi connectivity index (χ0n) is 16.2. The van der Waals surface area contributed by atoms with Gasteiger partial charge >= 0.3 is 0 Å². The average Bonchev–Trinajstić information content (AvgIpc) is 2.72. The highest BCUT2D eigenvalue weighted by Crippen LogP contribution is 2.24. The average molecular weight is 410 g/mol. The highest BCUT2D eigenvalue weighted by molar-refractivity contribution is 7.92. The van der Waals surface area contributed by atoms with Crippen LogP contribution < -0.4 is 14.4 Å². The lowest BCUT2D eigenvalue weighted by atomic mass is 10.1. The molecule has 0 fully saturated rings. The SMILES string of the molecule is CN(c1cccc(NC(=O)c2ccccc2OCc2ccccc2)c1)S(C)(=O)=O. The summed E-state index contributed by atoms with van der Waals surface area (Å²) in [5.41, 5.74) is 2.34. The number of amides is 1. The van der Waals surface area contributed by atoms with Gasteiger partial charge in [-0.05, 0) is 35.9 Å². The van der Waals surface area contributed by atoms with Gasteiger partial charge < -0.3 is 10.1 Å². The van der Waals surface area contributed by atoms with Crippen molar-refractivity contribution >= 4 is 27.3 Å². The standard InChI is InChI=1S/C22H22N2O4S/c1-24(29(2,26)27)19-12-8-11-18(15-19)23-22(25)20-13-6-7-14-21(20)28-16-17-9-4-3-5-10-17/h3-15H,16H2,1-2H3,(H,23,25). The van der Waals surface area contributed by atoms with E-state index in [1.54, 1.807) is 48.5 Å². The largest absolute Gasteiger partial charge is 0.488 e. The molecule has 3 aromatic carbocycles. The van der Waals surface area contributed by atoms with E-state index in [0.717, 1.165) is 16.1 Å². The van der Waals surface area contributed by atoms with E-state index < -0.39 is 10.0 Å². The summed E-state index contributed by atoms with van der Waals surface area (Å²) in [5, 5.41) is 2.80. The van der Waals surface area contributed by atoms with Crippen LogP contribution >= 0.6 is 0 Å². The summed E-state index contributed by atoms with van der Waals surface area (Å²) in [7, 11) is -1.93. The molecule has 0 atom stereocenters. The van der Waals surface area contributed by atoms with Crippen molar-refractivity contribution in [3.8, 4) is 5.75 Å². The number of nitrogens with zero attached hydrogens (tertiary/aromatic N) is 1. The molecule has 0 aromatic heterocycles. The van der Waals surface area contributed by atoms with Gasteiger partial charge in [-0.3, -0.25) is 9.10 Å². The molecule has 3 aromatic rings. The van der Waals surface area contributed by atoms with E-state index in [-0.39, 0.29) is 5.91 Å². The van der Waals surface area contributed by atoms with Gasteiger partial charge in [0.25, 0.3) is 5.91 Å². The maximum Gasteiger partial charge on any atom is 0.259 e. The fourth-order valence-electron chi connectivity index (χ4n) is 2.68. The Balaban J connectivity index is 1.76. The van der Waals surface area contributed by atoms with Crippen molar-refractivity contribution in [1.82, 2.24) is 0 Å². The van der Waals surface area contributed by atoms with E-state index >= 15 is 0 Å². The lowest BCUT2D eigenvalue weighted by molar-refractivity contribution is 0.102. The molecule has 0 saturated carbocycles. The Kier molecular flexibility index (Phi) is 6.19. The predicted molar refractivity (Wildman–Crippen MR) is 115 cm³/mol. The van der Waals surface area contributed by atoms with Crippen molar-refractivity contribution in [2.75, 3.05) is 22.9 Å². The molecule has 1 amide bonds. The van der Waals surface area contributed by atoms with Crippen LogP contribution in [0.2, 0.25) is 0 Å². The number of carbonyl (C=O) groups is 1. The van der Waals surface area contributed by atoms with E-state index in [1.807, 2.05) is 30.3 Å². The molecule has 0 saturated heterocycles. The molecule has 0 aliphatic heterocycles. The number of anilines is 2. The van der Waals surface area contributed by atoms with Crippen molar-refractivity contribution in [1.29, 1.82) is 0 Å². The summed E-state index contributed by atoms with van der Waals surface area (Å²) in [6.07, 6.45) is 1.12. The summed E-state index contributed by atoms with van der Waals surface area (Å²) in [6, 6.07) is 23.3. The molecule has 0 aliphatic carbocycles. The maximum atomic E-state index is 12.8. The van der Waals surface area contributed by atoms with E-state index in [2.05, 4.69) is 5.32 Å². The summed E-state index contributed by atoms with van der Waals surface area (Å²) >= 11 is 0. The Morgan fingerprint density at radius 2 is 1.66 bits per heavy atom. The first-order valence-corrected chi connectivity index (χ1v) is 10.8. The van der Waals surface area contributed by atoms with Crippen LogP contribution in [0.3, 0.4) is 0 Å². The first kappa shape index (κ1) is 20.4. The van der Waals surface area contributed by atoms with Gasteiger partial charge in [-0.1, -0.05) is 48.5 Å². The molecule has 1 N–H and O–H groups in total. The van der Waals surface area contributed by atoms with Crippen LogP contribution in [0.1, 0.15) is 15.9 Å². The van der Waals surface area contributed by atoms with Gasteiger partial charge in [-0.15, -0.1) is 0 Å². The highest BCUT2D eigenvalue weighted by atomic mass is 32.2. The quantitative estimate of drug-likeness (QED) is 0.641. The van der Waals surface area contributed by atoms with Crippen LogP contribution in [0, 0.1) is 0 Å². The number of carbonyl (C=O) groups excluding carboxylic acids is 1. The van der Waals surface area contributed by atoms with E-state index in [1.165, 1.54) is 7.05 Å². The van der Waals surface area contributed by atoms with Crippen LogP contribution in [-0.2, 0) is 16.6 Å². The van der Waals surface area contributed by atoms with Crippen molar-refractivity contribution in [2.24, 2.45) is 0 Å². The van der Waals surface area contributed by atoms with E-state index in [0.29, 0.717) is 29.3 Å². The Morgan fingerprint density at radius 3 is 2.38 bits per heavy atom. The van der Waals surface area contributed by atoms with Crippen LogP contribution in [-0.4, -0.2) is 27.6 Å². The first-order valence-electron chi connectivity index (χ1n) is 8.95. The minimum Gasteiger partial charge on any atom is -0.488 e. The Bertz CT molecular complexity index is 1100. The van der Waals surface area contributed by atoms with Crippen LogP contribution in [0.5, 0.6) is 5.75 Å². The number of sulfonamides is 1. The number of ether oxygens (including phenoxy) is 1. The van der Waals surface area contributed by atoms with Crippen LogP contribution in [0.25, 0.3) is 0 Å². The van der Waals surface area contributed by atoms with Gasteiger partial charge in [0.2, 0.25) is 10.0 Å². The number of benzene rings is 3. The van der Waals surface area contributed by atoms with Gasteiger partial charge in [0.15, 0.2) is 0 Å². The molecular weight excluding hydrogens is 388 g/mol. The Hall–Kier alpha value is -3.32. The number of para-hydroxylation sites is 1. The number of rotatable bonds is 7. The number of hydrogen-bond acceptors (Lipinski definition) is 4. The summed E-state index contributed by atoms with van der Waals surface area (Å²) in [5.74, 6) is 0.131. The fourth-order valence-corrected chi connectivity index (χ4v) is 3.18. The molecular formula is C22H22N2O4S. The second kappa shape index (κ2) is 8.79. The minimum atomic E-state index is -3.39. The van der Waals surface area contributed by atoms with Gasteiger partial charge in [-0.25, -0.2) is 8.42 Å². The highest BCUT2D eigenvalue weighted by Gasteiger charge is 2.15. The molecule has 0 radical (unpaired) electrons. The monoisotopic (exact) mass is 410 g/mol. The van der Waals surface area contributed by atoms with Gasteiger partial charge in [0.1, 0.15) is 12.4 Å². The molecule has 0 aliphatic rings. The third-order valence-corrected chi connectivity index (χ3v) is 5.54. The van der Waals surface area contributed by atoms with Crippen molar-refractivity contribution in [3.63, 3.8) is 0 Å². The molecule has 29 heavy (non-hydrogen) atoms. The third-order valence-electron chi connectivity index (χ3n) is 4.33. The smallest absolute Gasteiger partial charge is 0.259 e. The van der Waals surface area contributed by atoms with Crippen LogP contribution in [0.4, 0.5) is 11.4 Å². The van der Waals surface area contributed by atoms with E-state index in [4.69, 9.17) is 4.74 Å². The van der Waals surface area contributed by atoms with E-state index in [9.17, 15) is 13.2 Å². The molecule has 0 bridgehead atoms. The lowest BCUT2D eigenvalue weighted by Crippen LogP contribution is -2.24. The summed E-state index contributed by atoms with van der Waals surface area (Å²) in [4.78, 5) is 12.8. The molecule has 6 nitrogen and oxygen atoms in total. The normalized spacial score (nSPS) is 11.0. The third kappa shape index (κ3) is 5.36. The topological polar surface area (TPSA) is 75.7 Å². The van der Waals surface area contributed by atoms with Gasteiger partial charge in [-0.2, -0.15) is 0 Å². The molecule has 7 heteroatoms. The minimum absolute atomic E-state index is 0.340. The summed E-state index contributed by atoms with van der Waals surface area (Å²) in [6.45, 7) is 0.347. The molecule has 0 heterocycles. The maximum absolute atomic E-state index is 12.8. The zero-order chi connectivity index (χ0) is 20.9. The predicted octanol–water partition coefficient (Wildman–Crippen LogP) is 3.91. The van der Waals surface area contributed by atoms with Crippen molar-refractivity contribution in [2.45, 2.75) is 6.61 Å². The lowest BCUT2D eigenvalue weighted by Gasteiger charge is -2.17.